The van der Waals surface area contributed by atoms with Crippen molar-refractivity contribution in [1.82, 2.24) is 5.32 Å². The van der Waals surface area contributed by atoms with Crippen LogP contribution in [0.3, 0.4) is 0 Å². The summed E-state index contributed by atoms with van der Waals surface area (Å²) >= 11 is 0. The SMILES string of the molecule is Cc1ccc(CNC(=O)C2CCCC2)c(C)c1. The number of carbonyl (C=O) groups excluding carboxylic acids is 1. The number of hydrogen-bond acceptors (Lipinski definition) is 1. The van der Waals surface area contributed by atoms with E-state index in [1.54, 1.807) is 0 Å². The Morgan fingerprint density at radius 2 is 2.00 bits per heavy atom. The molecule has 0 aliphatic heterocycles. The topological polar surface area (TPSA) is 29.1 Å². The largest absolute Gasteiger partial charge is 0.352 e. The van der Waals surface area contributed by atoms with E-state index in [0.717, 1.165) is 12.8 Å². The highest BCUT2D eigenvalue weighted by atomic mass is 16.1. The van der Waals surface area contributed by atoms with E-state index in [2.05, 4.69) is 37.4 Å². The van der Waals surface area contributed by atoms with Crippen LogP contribution in [-0.4, -0.2) is 5.91 Å². The van der Waals surface area contributed by atoms with Gasteiger partial charge >= 0.3 is 0 Å². The van der Waals surface area contributed by atoms with Gasteiger partial charge in [0.05, 0.1) is 0 Å². The molecule has 0 saturated heterocycles. The van der Waals surface area contributed by atoms with Gasteiger partial charge in [-0.3, -0.25) is 4.79 Å². The first-order valence-electron chi connectivity index (χ1n) is 6.50. The van der Waals surface area contributed by atoms with Gasteiger partial charge in [0.2, 0.25) is 5.91 Å². The Morgan fingerprint density at radius 1 is 1.29 bits per heavy atom. The molecular formula is C15H21NO. The fraction of sp³-hybridized carbons (Fsp3) is 0.533. The smallest absolute Gasteiger partial charge is 0.223 e. The maximum atomic E-state index is 11.9. The minimum absolute atomic E-state index is 0.238. The molecule has 2 nitrogen and oxygen atoms in total. The highest BCUT2D eigenvalue weighted by Crippen LogP contribution is 2.24. The van der Waals surface area contributed by atoms with Crippen LogP contribution in [0.1, 0.15) is 42.4 Å². The molecule has 1 aromatic carbocycles. The molecule has 92 valence electrons. The minimum atomic E-state index is 0.238. The van der Waals surface area contributed by atoms with Gasteiger partial charge in [-0.05, 0) is 37.8 Å². The van der Waals surface area contributed by atoms with E-state index in [-0.39, 0.29) is 11.8 Å². The Hall–Kier alpha value is -1.31. The van der Waals surface area contributed by atoms with E-state index in [1.807, 2.05) is 0 Å². The molecule has 2 heteroatoms. The van der Waals surface area contributed by atoms with Gasteiger partial charge in [0.15, 0.2) is 0 Å². The maximum Gasteiger partial charge on any atom is 0.223 e. The third-order valence-corrected chi connectivity index (χ3v) is 3.68. The molecule has 0 aromatic heterocycles. The van der Waals surface area contributed by atoms with Crippen LogP contribution < -0.4 is 5.32 Å². The van der Waals surface area contributed by atoms with Crippen molar-refractivity contribution in [3.63, 3.8) is 0 Å². The molecule has 0 bridgehead atoms. The van der Waals surface area contributed by atoms with Crippen LogP contribution in [-0.2, 0) is 11.3 Å². The Kier molecular flexibility index (Phi) is 3.82. The number of nitrogens with one attached hydrogen (secondary N) is 1. The summed E-state index contributed by atoms with van der Waals surface area (Å²) in [5, 5.41) is 3.06. The molecule has 0 radical (unpaired) electrons. The van der Waals surface area contributed by atoms with Gasteiger partial charge in [-0.2, -0.15) is 0 Å². The predicted octanol–water partition coefficient (Wildman–Crippen LogP) is 3.11. The molecule has 0 spiro atoms. The first-order valence-corrected chi connectivity index (χ1v) is 6.50. The molecule has 1 amide bonds. The van der Waals surface area contributed by atoms with Crippen molar-refractivity contribution < 1.29 is 4.79 Å². The van der Waals surface area contributed by atoms with Crippen molar-refractivity contribution in [2.24, 2.45) is 5.92 Å². The Balaban J connectivity index is 1.90. The number of carbonyl (C=O) groups is 1. The lowest BCUT2D eigenvalue weighted by Gasteiger charge is -2.12. The zero-order chi connectivity index (χ0) is 12.3. The second kappa shape index (κ2) is 5.35. The van der Waals surface area contributed by atoms with E-state index in [0.29, 0.717) is 6.54 Å². The lowest BCUT2D eigenvalue weighted by atomic mass is 10.0. The first-order chi connectivity index (χ1) is 8.16. The predicted molar refractivity (Wildman–Crippen MR) is 69.7 cm³/mol. The maximum absolute atomic E-state index is 11.9. The van der Waals surface area contributed by atoms with Gasteiger partial charge in [0.1, 0.15) is 0 Å². The van der Waals surface area contributed by atoms with Crippen molar-refractivity contribution in [3.05, 3.63) is 34.9 Å². The summed E-state index contributed by atoms with van der Waals surface area (Å²) in [5.41, 5.74) is 3.76. The Bertz CT molecular complexity index is 405. The number of hydrogen-bond donors (Lipinski definition) is 1. The minimum Gasteiger partial charge on any atom is -0.352 e. The lowest BCUT2D eigenvalue weighted by molar-refractivity contribution is -0.124. The van der Waals surface area contributed by atoms with Crippen molar-refractivity contribution in [2.75, 3.05) is 0 Å². The van der Waals surface area contributed by atoms with Crippen LogP contribution in [0.15, 0.2) is 18.2 Å². The van der Waals surface area contributed by atoms with Crippen LogP contribution in [0.2, 0.25) is 0 Å². The van der Waals surface area contributed by atoms with Crippen LogP contribution in [0.4, 0.5) is 0 Å². The van der Waals surface area contributed by atoms with Crippen molar-refractivity contribution in [1.29, 1.82) is 0 Å². The van der Waals surface area contributed by atoms with Gasteiger partial charge in [-0.15, -0.1) is 0 Å². The second-order valence-corrected chi connectivity index (χ2v) is 5.13. The van der Waals surface area contributed by atoms with Crippen LogP contribution in [0.5, 0.6) is 0 Å². The van der Waals surface area contributed by atoms with Gasteiger partial charge in [0.25, 0.3) is 0 Å². The normalized spacial score (nSPS) is 16.1. The first kappa shape index (κ1) is 12.2. The van der Waals surface area contributed by atoms with Crippen LogP contribution in [0.25, 0.3) is 0 Å². The molecule has 1 N–H and O–H groups in total. The zero-order valence-electron chi connectivity index (χ0n) is 10.8. The van der Waals surface area contributed by atoms with E-state index >= 15 is 0 Å². The summed E-state index contributed by atoms with van der Waals surface area (Å²) in [4.78, 5) is 11.9. The molecule has 0 unspecified atom stereocenters. The van der Waals surface area contributed by atoms with Crippen molar-refractivity contribution in [2.45, 2.75) is 46.1 Å². The zero-order valence-corrected chi connectivity index (χ0v) is 10.8. The molecule has 0 atom stereocenters. The number of aryl methyl sites for hydroxylation is 2. The monoisotopic (exact) mass is 231 g/mol. The van der Waals surface area contributed by atoms with Crippen LogP contribution in [0, 0.1) is 19.8 Å². The van der Waals surface area contributed by atoms with Gasteiger partial charge < -0.3 is 5.32 Å². The molecule has 1 saturated carbocycles. The van der Waals surface area contributed by atoms with E-state index in [9.17, 15) is 4.79 Å². The summed E-state index contributed by atoms with van der Waals surface area (Å²) in [7, 11) is 0. The average Bonchev–Trinajstić information content (AvgIpc) is 2.81. The molecule has 1 aliphatic carbocycles. The number of benzene rings is 1. The summed E-state index contributed by atoms with van der Waals surface area (Å²) in [6.07, 6.45) is 4.56. The van der Waals surface area contributed by atoms with Gasteiger partial charge in [-0.1, -0.05) is 36.6 Å². The van der Waals surface area contributed by atoms with Gasteiger partial charge in [0, 0.05) is 12.5 Å². The number of amides is 1. The number of rotatable bonds is 3. The average molecular weight is 231 g/mol. The summed E-state index contributed by atoms with van der Waals surface area (Å²) in [6, 6.07) is 6.38. The third kappa shape index (κ3) is 3.09. The Morgan fingerprint density at radius 3 is 2.65 bits per heavy atom. The molecular weight excluding hydrogens is 210 g/mol. The molecule has 0 heterocycles. The standard InChI is InChI=1S/C15H21NO/c1-11-7-8-14(12(2)9-11)10-16-15(17)13-5-3-4-6-13/h7-9,13H,3-6,10H2,1-2H3,(H,16,17). The molecule has 1 aliphatic rings. The van der Waals surface area contributed by atoms with Crippen molar-refractivity contribution >= 4 is 5.91 Å². The summed E-state index contributed by atoms with van der Waals surface area (Å²) in [5.74, 6) is 0.503. The van der Waals surface area contributed by atoms with E-state index in [4.69, 9.17) is 0 Å². The second-order valence-electron chi connectivity index (χ2n) is 5.13. The Labute approximate surface area is 103 Å². The highest BCUT2D eigenvalue weighted by molar-refractivity contribution is 5.78. The summed E-state index contributed by atoms with van der Waals surface area (Å²) in [6.45, 7) is 4.86. The summed E-state index contributed by atoms with van der Waals surface area (Å²) < 4.78 is 0. The highest BCUT2D eigenvalue weighted by Gasteiger charge is 2.22. The molecule has 1 fully saturated rings. The fourth-order valence-corrected chi connectivity index (χ4v) is 2.56. The van der Waals surface area contributed by atoms with Crippen LogP contribution >= 0.6 is 0 Å². The lowest BCUT2D eigenvalue weighted by Crippen LogP contribution is -2.29. The van der Waals surface area contributed by atoms with E-state index < -0.39 is 0 Å². The quantitative estimate of drug-likeness (QED) is 0.851. The fourth-order valence-electron chi connectivity index (χ4n) is 2.56. The molecule has 2 rings (SSSR count). The molecule has 1 aromatic rings. The van der Waals surface area contributed by atoms with Crippen molar-refractivity contribution in [3.8, 4) is 0 Å². The van der Waals surface area contributed by atoms with Gasteiger partial charge in [-0.25, -0.2) is 0 Å². The third-order valence-electron chi connectivity index (χ3n) is 3.68. The molecule has 17 heavy (non-hydrogen) atoms. The van der Waals surface area contributed by atoms with E-state index in [1.165, 1.54) is 29.5 Å².